The first-order chi connectivity index (χ1) is 9.52. The maximum absolute atomic E-state index is 11.4. The van der Waals surface area contributed by atoms with Crippen LogP contribution in [0.25, 0.3) is 11.3 Å². The van der Waals surface area contributed by atoms with Crippen molar-refractivity contribution in [3.63, 3.8) is 0 Å². The highest BCUT2D eigenvalue weighted by Gasteiger charge is 2.20. The average molecular weight is 288 g/mol. The summed E-state index contributed by atoms with van der Waals surface area (Å²) in [5, 5.41) is 3.48. The van der Waals surface area contributed by atoms with Crippen molar-refractivity contribution in [3.05, 3.63) is 28.6 Å². The Morgan fingerprint density at radius 1 is 1.45 bits per heavy atom. The molecule has 1 aliphatic heterocycles. The van der Waals surface area contributed by atoms with Crippen LogP contribution in [0.15, 0.2) is 18.2 Å². The molecule has 1 amide bonds. The second-order valence-corrected chi connectivity index (χ2v) is 5.80. The SMILES string of the molecule is Cc1sc([NH+]=C(N)N)nc1-c1ccc2c(c1)CC(=O)N2. The zero-order chi connectivity index (χ0) is 14.3. The molecule has 2 heterocycles. The molecular weight excluding hydrogens is 274 g/mol. The Morgan fingerprint density at radius 3 is 3.00 bits per heavy atom. The van der Waals surface area contributed by atoms with E-state index in [0.29, 0.717) is 11.6 Å². The van der Waals surface area contributed by atoms with Gasteiger partial charge in [0.15, 0.2) is 0 Å². The highest BCUT2D eigenvalue weighted by atomic mass is 32.1. The van der Waals surface area contributed by atoms with Gasteiger partial charge in [-0.15, -0.1) is 4.98 Å². The molecule has 1 aliphatic rings. The molecule has 6 nitrogen and oxygen atoms in total. The lowest BCUT2D eigenvalue weighted by Gasteiger charge is -2.01. The van der Waals surface area contributed by atoms with Crippen LogP contribution in [-0.4, -0.2) is 16.9 Å². The minimum atomic E-state index is 0.0278. The first-order valence-corrected chi connectivity index (χ1v) is 6.90. The fraction of sp³-hybridized carbons (Fsp3) is 0.154. The summed E-state index contributed by atoms with van der Waals surface area (Å²) < 4.78 is 0. The van der Waals surface area contributed by atoms with Gasteiger partial charge in [0.2, 0.25) is 5.91 Å². The van der Waals surface area contributed by atoms with Gasteiger partial charge in [0.05, 0.1) is 6.42 Å². The molecule has 0 atom stereocenters. The lowest BCUT2D eigenvalue weighted by Crippen LogP contribution is -2.72. The monoisotopic (exact) mass is 288 g/mol. The summed E-state index contributed by atoms with van der Waals surface area (Å²) in [5.41, 5.74) is 14.6. The van der Waals surface area contributed by atoms with Gasteiger partial charge >= 0.3 is 5.96 Å². The van der Waals surface area contributed by atoms with Crippen LogP contribution in [0.1, 0.15) is 10.4 Å². The standard InChI is InChI=1S/C13H13N5OS/c1-6-11(17-13(20-6)18-12(14)15)7-2-3-9-8(4-7)5-10(19)16-9/h2-4H,5H2,1H3,(H,16,19)(H4,14,15,17,18)/p+1. The van der Waals surface area contributed by atoms with Crippen molar-refractivity contribution >= 4 is 34.0 Å². The van der Waals surface area contributed by atoms with Gasteiger partial charge in [0.25, 0.3) is 5.13 Å². The van der Waals surface area contributed by atoms with Crippen LogP contribution in [0.2, 0.25) is 0 Å². The maximum atomic E-state index is 11.4. The number of anilines is 1. The number of nitrogens with zero attached hydrogens (tertiary/aromatic N) is 1. The molecule has 6 N–H and O–H groups in total. The van der Waals surface area contributed by atoms with E-state index in [4.69, 9.17) is 11.5 Å². The third-order valence-corrected chi connectivity index (χ3v) is 3.94. The van der Waals surface area contributed by atoms with Gasteiger partial charge in [0.1, 0.15) is 5.69 Å². The van der Waals surface area contributed by atoms with Crippen LogP contribution in [0.3, 0.4) is 0 Å². The molecule has 0 radical (unpaired) electrons. The van der Waals surface area contributed by atoms with Crippen molar-refractivity contribution in [2.75, 3.05) is 5.32 Å². The average Bonchev–Trinajstić information content (AvgIpc) is 2.89. The van der Waals surface area contributed by atoms with Crippen LogP contribution in [0.5, 0.6) is 0 Å². The van der Waals surface area contributed by atoms with Gasteiger partial charge in [-0.3, -0.25) is 4.79 Å². The molecule has 102 valence electrons. The Balaban J connectivity index is 2.02. The number of thiazole rings is 1. The molecule has 0 spiro atoms. The van der Waals surface area contributed by atoms with Crippen LogP contribution >= 0.6 is 11.3 Å². The first kappa shape index (κ1) is 12.6. The van der Waals surface area contributed by atoms with E-state index >= 15 is 0 Å². The first-order valence-electron chi connectivity index (χ1n) is 6.08. The number of hydrogen-bond donors (Lipinski definition) is 4. The molecule has 1 aromatic heterocycles. The summed E-state index contributed by atoms with van der Waals surface area (Å²) in [7, 11) is 0. The molecule has 2 aromatic rings. The fourth-order valence-corrected chi connectivity index (χ4v) is 3.07. The summed E-state index contributed by atoms with van der Waals surface area (Å²) in [6.07, 6.45) is 0.418. The number of amides is 1. The maximum Gasteiger partial charge on any atom is 0.303 e. The van der Waals surface area contributed by atoms with Crippen molar-refractivity contribution in [1.82, 2.24) is 4.98 Å². The summed E-state index contributed by atoms with van der Waals surface area (Å²) >= 11 is 1.49. The van der Waals surface area contributed by atoms with Crippen molar-refractivity contribution in [3.8, 4) is 11.3 Å². The molecule has 7 heteroatoms. The number of benzene rings is 1. The minimum absolute atomic E-state index is 0.0278. The van der Waals surface area contributed by atoms with E-state index in [1.807, 2.05) is 25.1 Å². The predicted octanol–water partition coefficient (Wildman–Crippen LogP) is -0.401. The number of aryl methyl sites for hydroxylation is 1. The van der Waals surface area contributed by atoms with Crippen LogP contribution in [0, 0.1) is 6.92 Å². The number of rotatable bonds is 2. The summed E-state index contributed by atoms with van der Waals surface area (Å²) in [6, 6.07) is 5.85. The largest absolute Gasteiger partial charge is 0.326 e. The minimum Gasteiger partial charge on any atom is -0.326 e. The van der Waals surface area contributed by atoms with E-state index < -0.39 is 0 Å². The number of aromatic nitrogens is 1. The molecule has 0 bridgehead atoms. The molecule has 1 aromatic carbocycles. The van der Waals surface area contributed by atoms with E-state index in [1.54, 1.807) is 0 Å². The van der Waals surface area contributed by atoms with Gasteiger partial charge in [-0.05, 0) is 30.7 Å². The number of hydrogen-bond acceptors (Lipinski definition) is 3. The van der Waals surface area contributed by atoms with Crippen LogP contribution in [-0.2, 0) is 11.2 Å². The lowest BCUT2D eigenvalue weighted by atomic mass is 10.1. The fourth-order valence-electron chi connectivity index (χ4n) is 2.22. The Bertz CT molecular complexity index is 730. The smallest absolute Gasteiger partial charge is 0.303 e. The van der Waals surface area contributed by atoms with Crippen molar-refractivity contribution in [2.45, 2.75) is 13.3 Å². The van der Waals surface area contributed by atoms with Gasteiger partial charge in [-0.1, -0.05) is 11.3 Å². The molecular formula is C13H14N5OS+. The quantitative estimate of drug-likeness (QED) is 0.445. The third-order valence-electron chi connectivity index (χ3n) is 3.05. The normalized spacial score (nSPS) is 12.9. The highest BCUT2D eigenvalue weighted by Crippen LogP contribution is 2.32. The molecule has 0 unspecified atom stereocenters. The molecule has 3 rings (SSSR count). The lowest BCUT2D eigenvalue weighted by molar-refractivity contribution is -0.355. The number of nitrogens with one attached hydrogen (secondary N) is 2. The molecule has 20 heavy (non-hydrogen) atoms. The Kier molecular flexibility index (Phi) is 2.90. The number of carbonyl (C=O) groups is 1. The molecule has 0 saturated heterocycles. The summed E-state index contributed by atoms with van der Waals surface area (Å²) in [6.45, 7) is 1.99. The van der Waals surface area contributed by atoms with E-state index in [9.17, 15) is 4.79 Å². The second kappa shape index (κ2) is 4.61. The van der Waals surface area contributed by atoms with Crippen molar-refractivity contribution in [2.24, 2.45) is 11.5 Å². The van der Waals surface area contributed by atoms with E-state index in [2.05, 4.69) is 15.3 Å². The zero-order valence-electron chi connectivity index (χ0n) is 10.9. The molecule has 0 aliphatic carbocycles. The number of guanidine groups is 1. The van der Waals surface area contributed by atoms with Crippen LogP contribution < -0.4 is 21.8 Å². The van der Waals surface area contributed by atoms with Gasteiger partial charge in [0, 0.05) is 16.1 Å². The topological polar surface area (TPSA) is 108 Å². The summed E-state index contributed by atoms with van der Waals surface area (Å²) in [5.74, 6) is 0.147. The van der Waals surface area contributed by atoms with Crippen molar-refractivity contribution < 1.29 is 9.79 Å². The van der Waals surface area contributed by atoms with E-state index in [1.165, 1.54) is 11.3 Å². The predicted molar refractivity (Wildman–Crippen MR) is 78.6 cm³/mol. The molecule has 0 fully saturated rings. The Labute approximate surface area is 119 Å². The third kappa shape index (κ3) is 2.23. The number of nitrogens with two attached hydrogens (primary N) is 2. The number of carbonyl (C=O) groups excluding carboxylic acids is 1. The Morgan fingerprint density at radius 2 is 2.25 bits per heavy atom. The van der Waals surface area contributed by atoms with E-state index in [-0.39, 0.29) is 11.9 Å². The van der Waals surface area contributed by atoms with Crippen molar-refractivity contribution in [1.29, 1.82) is 0 Å². The summed E-state index contributed by atoms with van der Waals surface area (Å²) in [4.78, 5) is 19.7. The van der Waals surface area contributed by atoms with E-state index in [0.717, 1.165) is 27.4 Å². The van der Waals surface area contributed by atoms with Gasteiger partial charge < -0.3 is 16.8 Å². The number of fused-ring (bicyclic) bond motifs is 1. The molecule has 0 saturated carbocycles. The van der Waals surface area contributed by atoms with Gasteiger partial charge in [-0.2, -0.15) is 0 Å². The second-order valence-electron chi connectivity index (χ2n) is 4.60. The Hall–Kier alpha value is -2.41. The van der Waals surface area contributed by atoms with Crippen LogP contribution in [0.4, 0.5) is 10.8 Å². The highest BCUT2D eigenvalue weighted by molar-refractivity contribution is 7.15. The van der Waals surface area contributed by atoms with Gasteiger partial charge in [-0.25, -0.2) is 4.99 Å². The zero-order valence-corrected chi connectivity index (χ0v) is 11.7.